The zero-order valence-electron chi connectivity index (χ0n) is 15.6. The van der Waals surface area contributed by atoms with E-state index in [9.17, 15) is 0 Å². The number of nitrogens with zero attached hydrogens (tertiary/aromatic N) is 5. The Labute approximate surface area is 159 Å². The van der Waals surface area contributed by atoms with Gasteiger partial charge in [0.2, 0.25) is 0 Å². The first-order valence-electron chi connectivity index (χ1n) is 10.1. The molecular weight excluding hydrogens is 336 g/mol. The number of aromatic amines is 1. The summed E-state index contributed by atoms with van der Waals surface area (Å²) in [7, 11) is 0. The largest absolute Gasteiger partial charge is 0.348 e. The van der Waals surface area contributed by atoms with Gasteiger partial charge in [0.1, 0.15) is 0 Å². The summed E-state index contributed by atoms with van der Waals surface area (Å²) in [5.41, 5.74) is 4.91. The number of nitrogens with one attached hydrogen (secondary N) is 1. The minimum atomic E-state index is 0.142. The van der Waals surface area contributed by atoms with Crippen molar-refractivity contribution in [2.75, 3.05) is 6.54 Å². The first-order chi connectivity index (χ1) is 13.4. The van der Waals surface area contributed by atoms with Crippen LogP contribution in [0.15, 0.2) is 43.4 Å². The average molecular weight is 362 g/mol. The predicted molar refractivity (Wildman–Crippen MR) is 103 cm³/mol. The van der Waals surface area contributed by atoms with E-state index in [0.717, 1.165) is 25.2 Å². The third-order valence-corrected chi connectivity index (χ3v) is 6.10. The molecule has 1 aliphatic carbocycles. The number of fused-ring (bicyclic) bond motifs is 1. The van der Waals surface area contributed by atoms with Crippen molar-refractivity contribution in [3.05, 3.63) is 66.0 Å². The molecular formula is C21H26N6. The molecule has 6 nitrogen and oxygen atoms in total. The molecule has 6 heteroatoms. The third-order valence-electron chi connectivity index (χ3n) is 6.10. The Morgan fingerprint density at radius 1 is 1.11 bits per heavy atom. The predicted octanol–water partition coefficient (Wildman–Crippen LogP) is 3.65. The molecule has 1 aliphatic heterocycles. The molecule has 1 fully saturated rings. The first-order valence-corrected chi connectivity index (χ1v) is 10.1. The summed E-state index contributed by atoms with van der Waals surface area (Å²) in [6, 6.07) is 4.93. The molecule has 27 heavy (non-hydrogen) atoms. The van der Waals surface area contributed by atoms with Gasteiger partial charge >= 0.3 is 0 Å². The van der Waals surface area contributed by atoms with Gasteiger partial charge in [-0.3, -0.25) is 9.88 Å². The highest BCUT2D eigenvalue weighted by atomic mass is 15.2. The van der Waals surface area contributed by atoms with Gasteiger partial charge in [-0.05, 0) is 24.5 Å². The second-order valence-corrected chi connectivity index (χ2v) is 7.76. The summed E-state index contributed by atoms with van der Waals surface area (Å²) in [6.45, 7) is 1.90. The van der Waals surface area contributed by atoms with Crippen LogP contribution >= 0.6 is 0 Å². The van der Waals surface area contributed by atoms with Gasteiger partial charge in [-0.15, -0.1) is 0 Å². The minimum Gasteiger partial charge on any atom is -0.348 e. The highest BCUT2D eigenvalue weighted by Gasteiger charge is 2.32. The molecule has 5 rings (SSSR count). The molecule has 3 aromatic heterocycles. The fourth-order valence-corrected chi connectivity index (χ4v) is 4.75. The second kappa shape index (κ2) is 7.27. The van der Waals surface area contributed by atoms with Gasteiger partial charge < -0.3 is 9.55 Å². The van der Waals surface area contributed by atoms with Crippen LogP contribution in [0, 0.1) is 0 Å². The van der Waals surface area contributed by atoms with Crippen LogP contribution in [0.2, 0.25) is 0 Å². The van der Waals surface area contributed by atoms with Gasteiger partial charge in [-0.2, -0.15) is 0 Å². The lowest BCUT2D eigenvalue weighted by atomic mass is 9.95. The third kappa shape index (κ3) is 3.18. The van der Waals surface area contributed by atoms with Crippen molar-refractivity contribution < 1.29 is 0 Å². The lowest BCUT2D eigenvalue weighted by Gasteiger charge is -2.35. The smallest absolute Gasteiger partial charge is 0.0951 e. The molecule has 0 aromatic carbocycles. The minimum absolute atomic E-state index is 0.142. The Bertz CT molecular complexity index is 877. The Morgan fingerprint density at radius 2 is 2.04 bits per heavy atom. The van der Waals surface area contributed by atoms with Crippen molar-refractivity contribution in [3.63, 3.8) is 0 Å². The van der Waals surface area contributed by atoms with E-state index >= 15 is 0 Å². The van der Waals surface area contributed by atoms with Crippen molar-refractivity contribution in [3.8, 4) is 0 Å². The van der Waals surface area contributed by atoms with E-state index in [-0.39, 0.29) is 6.04 Å². The maximum atomic E-state index is 4.66. The Morgan fingerprint density at radius 3 is 2.89 bits per heavy atom. The summed E-state index contributed by atoms with van der Waals surface area (Å²) in [5, 5.41) is 0. The molecule has 0 radical (unpaired) electrons. The highest BCUT2D eigenvalue weighted by Crippen LogP contribution is 2.35. The normalized spacial score (nSPS) is 21.3. The van der Waals surface area contributed by atoms with Crippen molar-refractivity contribution in [1.29, 1.82) is 0 Å². The van der Waals surface area contributed by atoms with Crippen LogP contribution < -0.4 is 0 Å². The lowest BCUT2D eigenvalue weighted by Crippen LogP contribution is -2.36. The number of aromatic nitrogens is 5. The summed E-state index contributed by atoms with van der Waals surface area (Å²) in [4.78, 5) is 19.4. The van der Waals surface area contributed by atoms with Crippen molar-refractivity contribution >= 4 is 0 Å². The SMILES string of the molecule is c1cncc(C2c3nc[nH]c3CCN2Cc2cncn2C2CCCCC2)c1. The molecule has 0 saturated heterocycles. The molecule has 2 aliphatic rings. The summed E-state index contributed by atoms with van der Waals surface area (Å²) < 4.78 is 2.43. The van der Waals surface area contributed by atoms with Crippen LogP contribution in [0.1, 0.15) is 66.8 Å². The second-order valence-electron chi connectivity index (χ2n) is 7.76. The van der Waals surface area contributed by atoms with E-state index in [0.29, 0.717) is 6.04 Å². The highest BCUT2D eigenvalue weighted by molar-refractivity contribution is 5.31. The van der Waals surface area contributed by atoms with Crippen LogP contribution in [-0.2, 0) is 13.0 Å². The van der Waals surface area contributed by atoms with E-state index < -0.39 is 0 Å². The monoisotopic (exact) mass is 362 g/mol. The number of pyridine rings is 1. The summed E-state index contributed by atoms with van der Waals surface area (Å²) in [5.74, 6) is 0. The number of hydrogen-bond acceptors (Lipinski definition) is 4. The zero-order valence-corrected chi connectivity index (χ0v) is 15.6. The van der Waals surface area contributed by atoms with Gasteiger partial charge in [0, 0.05) is 49.8 Å². The molecule has 0 bridgehead atoms. The fourth-order valence-electron chi connectivity index (χ4n) is 4.75. The average Bonchev–Trinajstić information content (AvgIpc) is 3.38. The van der Waals surface area contributed by atoms with Crippen LogP contribution in [0.25, 0.3) is 0 Å². The first kappa shape index (κ1) is 16.7. The maximum Gasteiger partial charge on any atom is 0.0951 e. The molecule has 4 heterocycles. The standard InChI is InChI=1S/C21H26N6/c1-2-6-17(7-3-1)27-15-23-12-18(27)13-26-10-8-19-20(25-14-24-19)21(26)16-5-4-9-22-11-16/h4-5,9,11-12,14-15,17,21H,1-3,6-8,10,13H2,(H,24,25). The zero-order chi connectivity index (χ0) is 18.1. The number of H-pyrrole nitrogens is 1. The number of rotatable bonds is 4. The summed E-state index contributed by atoms with van der Waals surface area (Å²) in [6.07, 6.45) is 17.3. The summed E-state index contributed by atoms with van der Waals surface area (Å²) >= 11 is 0. The molecule has 3 aromatic rings. The molecule has 1 unspecified atom stereocenters. The van der Waals surface area contributed by atoms with E-state index in [1.807, 2.05) is 31.1 Å². The van der Waals surface area contributed by atoms with Crippen LogP contribution in [0.4, 0.5) is 0 Å². The topological polar surface area (TPSA) is 62.6 Å². The van der Waals surface area contributed by atoms with Gasteiger partial charge in [-0.25, -0.2) is 9.97 Å². The van der Waals surface area contributed by atoms with Gasteiger partial charge in [0.25, 0.3) is 0 Å². The van der Waals surface area contributed by atoms with E-state index in [2.05, 4.69) is 41.7 Å². The molecule has 1 atom stereocenters. The van der Waals surface area contributed by atoms with E-state index in [1.165, 1.54) is 49.1 Å². The van der Waals surface area contributed by atoms with Gasteiger partial charge in [0.05, 0.1) is 30.1 Å². The molecule has 0 spiro atoms. The van der Waals surface area contributed by atoms with Gasteiger partial charge in [0.15, 0.2) is 0 Å². The lowest BCUT2D eigenvalue weighted by molar-refractivity contribution is 0.191. The fraction of sp³-hybridized carbons (Fsp3) is 0.476. The van der Waals surface area contributed by atoms with Crippen molar-refractivity contribution in [1.82, 2.24) is 29.4 Å². The molecule has 1 saturated carbocycles. The molecule has 0 amide bonds. The maximum absolute atomic E-state index is 4.66. The van der Waals surface area contributed by atoms with Crippen LogP contribution in [0.5, 0.6) is 0 Å². The van der Waals surface area contributed by atoms with Crippen molar-refractivity contribution in [2.45, 2.75) is 57.2 Å². The Kier molecular flexibility index (Phi) is 4.49. The number of imidazole rings is 2. The van der Waals surface area contributed by atoms with Crippen LogP contribution in [-0.4, -0.2) is 35.9 Å². The van der Waals surface area contributed by atoms with Crippen LogP contribution in [0.3, 0.4) is 0 Å². The van der Waals surface area contributed by atoms with Gasteiger partial charge in [-0.1, -0.05) is 25.3 Å². The Hall–Kier alpha value is -2.47. The van der Waals surface area contributed by atoms with E-state index in [1.54, 1.807) is 0 Å². The Balaban J connectivity index is 1.45. The molecule has 1 N–H and O–H groups in total. The van der Waals surface area contributed by atoms with E-state index in [4.69, 9.17) is 0 Å². The quantitative estimate of drug-likeness (QED) is 0.769. The number of hydrogen-bond donors (Lipinski definition) is 1. The van der Waals surface area contributed by atoms with Crippen molar-refractivity contribution in [2.24, 2.45) is 0 Å². The molecule has 140 valence electrons.